The summed E-state index contributed by atoms with van der Waals surface area (Å²) >= 11 is 22.2. The average Bonchev–Trinajstić information content (AvgIpc) is 2.78. The number of rotatable bonds is 2. The molecule has 1 N–H and O–H groups in total. The van der Waals surface area contributed by atoms with Gasteiger partial charge in [-0.3, -0.25) is 0 Å². The Morgan fingerprint density at radius 1 is 0.543 bits per heavy atom. The molecule has 0 atom stereocenters. The summed E-state index contributed by atoms with van der Waals surface area (Å²) in [5.74, 6) is 4.41. The molecule has 0 saturated heterocycles. The van der Waals surface area contributed by atoms with Crippen LogP contribution in [0, 0.1) is 23.8 Å². The Hall–Kier alpha value is -1.49. The zero-order chi connectivity index (χ0) is 35.1. The first-order valence-electron chi connectivity index (χ1n) is 11.0. The summed E-state index contributed by atoms with van der Waals surface area (Å²) in [6.07, 6.45) is -20.0. The predicted octanol–water partition coefficient (Wildman–Crippen LogP) is 8.60. The van der Waals surface area contributed by atoms with Crippen LogP contribution in [0.2, 0.25) is 39.7 Å². The van der Waals surface area contributed by atoms with Crippen molar-refractivity contribution in [2.45, 2.75) is 55.7 Å². The Morgan fingerprint density at radius 3 is 0.978 bits per heavy atom. The molecule has 252 valence electrons. The van der Waals surface area contributed by atoms with E-state index in [-0.39, 0.29) is 59.7 Å². The third-order valence-corrected chi connectivity index (χ3v) is 7.22. The molecule has 0 bridgehead atoms. The van der Waals surface area contributed by atoms with Crippen molar-refractivity contribution in [1.82, 2.24) is 0 Å². The number of halogens is 18. The van der Waals surface area contributed by atoms with Gasteiger partial charge in [0.25, 0.3) is 0 Å². The van der Waals surface area contributed by atoms with Gasteiger partial charge in [0.15, 0.2) is 0 Å². The molecule has 0 aromatic heterocycles. The minimum Gasteiger partial charge on any atom is -0.870 e. The largest absolute Gasteiger partial charge is 1.00 e. The summed E-state index contributed by atoms with van der Waals surface area (Å²) in [7, 11) is -1.91. The molecule has 0 radical (unpaired) electrons. The molecule has 2 aromatic rings. The molecular formula is C25H15Cl4F14LiOSi. The molecule has 21 heteroatoms. The van der Waals surface area contributed by atoms with E-state index < -0.39 is 75.3 Å². The van der Waals surface area contributed by atoms with Crippen LogP contribution < -0.4 is 18.9 Å². The van der Waals surface area contributed by atoms with Crippen molar-refractivity contribution in [2.24, 2.45) is 0 Å². The van der Waals surface area contributed by atoms with Crippen LogP contribution in [0.5, 0.6) is 0 Å². The van der Waals surface area contributed by atoms with E-state index in [4.69, 9.17) is 52.8 Å². The molecule has 0 spiro atoms. The maximum absolute atomic E-state index is 14.0. The normalized spacial score (nSPS) is 12.8. The van der Waals surface area contributed by atoms with E-state index >= 15 is 0 Å². The molecule has 0 aliphatic heterocycles. The topological polar surface area (TPSA) is 30.0 Å². The van der Waals surface area contributed by atoms with Crippen molar-refractivity contribution in [2.75, 3.05) is 0 Å². The summed E-state index contributed by atoms with van der Waals surface area (Å²) in [5.41, 5.74) is -12.4. The van der Waals surface area contributed by atoms with Crippen molar-refractivity contribution in [3.63, 3.8) is 0 Å². The van der Waals surface area contributed by atoms with Crippen LogP contribution >= 0.6 is 46.4 Å². The van der Waals surface area contributed by atoms with Crippen LogP contribution in [0.25, 0.3) is 0 Å². The molecule has 1 nitrogen and oxygen atoms in total. The monoisotopic (exact) mass is 772 g/mol. The van der Waals surface area contributed by atoms with Crippen molar-refractivity contribution in [1.29, 1.82) is 0 Å². The fourth-order valence-electron chi connectivity index (χ4n) is 3.03. The smallest absolute Gasteiger partial charge is 0.870 e. The number of hydrogen-bond donors (Lipinski definition) is 0. The molecule has 0 unspecified atom stereocenters. The molecule has 46 heavy (non-hydrogen) atoms. The van der Waals surface area contributed by atoms with Gasteiger partial charge in [-0.1, -0.05) is 77.9 Å². The van der Waals surface area contributed by atoms with E-state index in [2.05, 4.69) is 11.5 Å². The number of alkyl halides is 14. The predicted molar refractivity (Wildman–Crippen MR) is 143 cm³/mol. The first-order chi connectivity index (χ1) is 19.4. The molecule has 0 fully saturated rings. The summed E-state index contributed by atoms with van der Waals surface area (Å²) in [6.45, 7) is 5.57. The Balaban J connectivity index is 0. The van der Waals surface area contributed by atoms with Crippen LogP contribution in [0.1, 0.15) is 22.3 Å². The minimum absolute atomic E-state index is 0. The molecule has 2 aromatic carbocycles. The van der Waals surface area contributed by atoms with Crippen molar-refractivity contribution in [3.05, 3.63) is 66.6 Å². The molecule has 0 heterocycles. The summed E-state index contributed by atoms with van der Waals surface area (Å²) in [5, 5.41) is -2.55. The quantitative estimate of drug-likeness (QED) is 0.171. The zero-order valence-corrected chi connectivity index (χ0v) is 27.2. The van der Waals surface area contributed by atoms with Gasteiger partial charge >= 0.3 is 54.9 Å². The van der Waals surface area contributed by atoms with Crippen LogP contribution in [-0.2, 0) is 11.3 Å². The Morgan fingerprint density at radius 2 is 0.783 bits per heavy atom. The van der Waals surface area contributed by atoms with Crippen LogP contribution in [-0.4, -0.2) is 38.3 Å². The first-order valence-corrected chi connectivity index (χ1v) is 16.0. The number of benzene rings is 2. The minimum atomic E-state index is -6.24. The van der Waals surface area contributed by atoms with Crippen LogP contribution in [0.3, 0.4) is 0 Å². The second kappa shape index (κ2) is 15.4. The molecule has 0 aliphatic carbocycles. The number of hydrogen-bond acceptors (Lipinski definition) is 1. The summed E-state index contributed by atoms with van der Waals surface area (Å²) in [4.78, 5) is 0. The van der Waals surface area contributed by atoms with Gasteiger partial charge in [-0.15, -0.1) is 12.0 Å². The van der Waals surface area contributed by atoms with Gasteiger partial charge in [0.1, 0.15) is 8.07 Å². The zero-order valence-electron chi connectivity index (χ0n) is 23.1. The van der Waals surface area contributed by atoms with E-state index in [1.807, 2.05) is 25.6 Å². The molecule has 0 aliphatic rings. The van der Waals surface area contributed by atoms with Gasteiger partial charge in [-0.25, -0.2) is 8.78 Å². The van der Waals surface area contributed by atoms with E-state index in [1.54, 1.807) is 0 Å². The van der Waals surface area contributed by atoms with Gasteiger partial charge in [-0.2, -0.15) is 52.7 Å². The van der Waals surface area contributed by atoms with Crippen molar-refractivity contribution in [3.8, 4) is 23.8 Å². The molecule has 2 rings (SSSR count). The van der Waals surface area contributed by atoms with E-state index in [9.17, 15) is 61.5 Å². The summed E-state index contributed by atoms with van der Waals surface area (Å²) in [6, 6.07) is 0.818. The third-order valence-electron chi connectivity index (χ3n) is 5.15. The maximum Gasteiger partial charge on any atom is 1.00 e. The van der Waals surface area contributed by atoms with E-state index in [0.29, 0.717) is 0 Å². The van der Waals surface area contributed by atoms with E-state index in [1.165, 1.54) is 0 Å². The van der Waals surface area contributed by atoms with Gasteiger partial charge < -0.3 is 5.48 Å². The SMILES string of the molecule is C#Cc1c(Cl)cc(C(F)(C(F)(F)F)C(F)(F)F)cc1Cl.C[Si](C)(C)C#Cc1c(Cl)cc(C(F)(C(F)(F)F)C(F)(F)F)cc1Cl.[Li+].[OH-]. The third kappa shape index (κ3) is 9.79. The Bertz CT molecular complexity index is 1420. The van der Waals surface area contributed by atoms with Gasteiger partial charge in [0.05, 0.1) is 31.2 Å². The molecule has 0 saturated carbocycles. The van der Waals surface area contributed by atoms with Crippen LogP contribution in [0.4, 0.5) is 61.5 Å². The van der Waals surface area contributed by atoms with Gasteiger partial charge in [-0.05, 0) is 24.3 Å². The van der Waals surface area contributed by atoms with Crippen molar-refractivity contribution >= 4 is 54.5 Å². The fourth-order valence-corrected chi connectivity index (χ4v) is 4.71. The molecule has 0 amide bonds. The standard InChI is InChI=1S/C14H11Cl2F7Si.C11H3Cl2F7.Li.H2O/c1-24(2,3)5-4-9-10(15)6-8(7-11(9)16)12(17,13(18,19)20)14(21,22)23;1-2-6-7(12)3-5(4-8(6)13)9(14,10(15,16)17)11(18,19)20;;/h6-7H,1-3H3;1,3-4H;;1H2/q;;+1;/p-1. The fraction of sp³-hybridized carbons (Fsp3) is 0.360. The summed E-state index contributed by atoms with van der Waals surface area (Å²) < 4.78 is 179. The Labute approximate surface area is 285 Å². The van der Waals surface area contributed by atoms with E-state index in [0.717, 1.165) is 0 Å². The second-order valence-electron chi connectivity index (χ2n) is 9.58. The maximum atomic E-state index is 14.0. The van der Waals surface area contributed by atoms with Crippen molar-refractivity contribution < 1.29 is 85.8 Å². The number of terminal acetylenes is 1. The van der Waals surface area contributed by atoms with Gasteiger partial charge in [0.2, 0.25) is 0 Å². The average molecular weight is 774 g/mol. The molecular weight excluding hydrogens is 759 g/mol. The van der Waals surface area contributed by atoms with Crippen LogP contribution in [0.15, 0.2) is 24.3 Å². The van der Waals surface area contributed by atoms with Gasteiger partial charge in [0, 0.05) is 11.1 Å². The Kier molecular flexibility index (Phi) is 15.6. The first kappa shape index (κ1) is 46.6. The second-order valence-corrected chi connectivity index (χ2v) is 16.0.